The molecule has 0 saturated carbocycles. The molecule has 86 valence electrons. The van der Waals surface area contributed by atoms with Crippen molar-refractivity contribution in [3.63, 3.8) is 0 Å². The molecule has 1 aromatic carbocycles. The van der Waals surface area contributed by atoms with E-state index in [-0.39, 0.29) is 0 Å². The summed E-state index contributed by atoms with van der Waals surface area (Å²) in [7, 11) is 0. The Morgan fingerprint density at radius 2 is 2.31 bits per heavy atom. The largest absolute Gasteiger partial charge is 0.481 e. The predicted octanol–water partition coefficient (Wildman–Crippen LogP) is 2.76. The minimum absolute atomic E-state index is 0.320. The number of hydrogen-bond donors (Lipinski definition) is 1. The summed E-state index contributed by atoms with van der Waals surface area (Å²) < 4.78 is 5.39. The maximum atomic E-state index is 5.39. The van der Waals surface area contributed by atoms with Gasteiger partial charge in [0.1, 0.15) is 12.4 Å². The highest BCUT2D eigenvalue weighted by Crippen LogP contribution is 2.18. The first kappa shape index (κ1) is 12.6. The lowest BCUT2D eigenvalue weighted by Gasteiger charge is -2.14. The second-order valence-corrected chi connectivity index (χ2v) is 3.74. The summed E-state index contributed by atoms with van der Waals surface area (Å²) in [5, 5.41) is 3.44. The van der Waals surface area contributed by atoms with Crippen LogP contribution >= 0.6 is 0 Å². The fourth-order valence-corrected chi connectivity index (χ4v) is 1.48. The van der Waals surface area contributed by atoms with Gasteiger partial charge in [-0.1, -0.05) is 25.0 Å². The molecule has 0 aliphatic heterocycles. The van der Waals surface area contributed by atoms with Crippen molar-refractivity contribution in [1.82, 2.24) is 5.32 Å². The Balaban J connectivity index is 2.62. The van der Waals surface area contributed by atoms with Crippen LogP contribution in [0.2, 0.25) is 0 Å². The van der Waals surface area contributed by atoms with Crippen molar-refractivity contribution in [2.24, 2.45) is 0 Å². The minimum Gasteiger partial charge on any atom is -0.481 e. The van der Waals surface area contributed by atoms with Crippen molar-refractivity contribution in [2.75, 3.05) is 13.2 Å². The molecule has 0 radical (unpaired) electrons. The van der Waals surface area contributed by atoms with Gasteiger partial charge in [0.2, 0.25) is 0 Å². The summed E-state index contributed by atoms with van der Waals surface area (Å²) in [6.07, 6.45) is 6.29. The molecule has 1 atom stereocenters. The van der Waals surface area contributed by atoms with Crippen molar-refractivity contribution in [2.45, 2.75) is 26.3 Å². The van der Waals surface area contributed by atoms with E-state index < -0.39 is 0 Å². The average Bonchev–Trinajstić information content (AvgIpc) is 2.33. The van der Waals surface area contributed by atoms with Crippen LogP contribution in [0.1, 0.15) is 31.9 Å². The number of benzene rings is 1. The number of rotatable bonds is 6. The Bertz CT molecular complexity index is 354. The van der Waals surface area contributed by atoms with Gasteiger partial charge in [-0.05, 0) is 37.6 Å². The number of terminal acetylenes is 1. The second-order valence-electron chi connectivity index (χ2n) is 3.74. The van der Waals surface area contributed by atoms with Crippen LogP contribution in [0.4, 0.5) is 0 Å². The van der Waals surface area contributed by atoms with Crippen molar-refractivity contribution < 1.29 is 4.74 Å². The maximum Gasteiger partial charge on any atom is 0.148 e. The topological polar surface area (TPSA) is 21.3 Å². The summed E-state index contributed by atoms with van der Waals surface area (Å²) in [6, 6.07) is 8.38. The molecule has 2 nitrogen and oxygen atoms in total. The monoisotopic (exact) mass is 217 g/mol. The van der Waals surface area contributed by atoms with Crippen LogP contribution in [0.15, 0.2) is 24.3 Å². The van der Waals surface area contributed by atoms with E-state index in [1.807, 2.05) is 18.2 Å². The SMILES string of the molecule is C#CCOc1cccc(C(C)NCCC)c1. The molecule has 0 aliphatic rings. The Kier molecular flexibility index (Phi) is 5.45. The van der Waals surface area contributed by atoms with Gasteiger partial charge in [-0.2, -0.15) is 0 Å². The normalized spacial score (nSPS) is 11.8. The molecule has 0 aromatic heterocycles. The summed E-state index contributed by atoms with van der Waals surface area (Å²) in [5.74, 6) is 3.30. The second kappa shape index (κ2) is 6.92. The molecule has 1 rings (SSSR count). The first-order chi connectivity index (χ1) is 7.77. The highest BCUT2D eigenvalue weighted by Gasteiger charge is 2.04. The summed E-state index contributed by atoms with van der Waals surface area (Å²) in [6.45, 7) is 5.65. The molecular weight excluding hydrogens is 198 g/mol. The minimum atomic E-state index is 0.320. The molecule has 16 heavy (non-hydrogen) atoms. The van der Waals surface area contributed by atoms with Gasteiger partial charge in [0.25, 0.3) is 0 Å². The number of hydrogen-bond acceptors (Lipinski definition) is 2. The van der Waals surface area contributed by atoms with Gasteiger partial charge >= 0.3 is 0 Å². The van der Waals surface area contributed by atoms with E-state index in [0.29, 0.717) is 12.6 Å². The average molecular weight is 217 g/mol. The summed E-state index contributed by atoms with van der Waals surface area (Å²) in [4.78, 5) is 0. The van der Waals surface area contributed by atoms with Crippen molar-refractivity contribution in [1.29, 1.82) is 0 Å². The quantitative estimate of drug-likeness (QED) is 0.740. The van der Waals surface area contributed by atoms with E-state index in [2.05, 4.69) is 31.2 Å². The summed E-state index contributed by atoms with van der Waals surface area (Å²) >= 11 is 0. The molecule has 1 aromatic rings. The van der Waals surface area contributed by atoms with Gasteiger partial charge in [-0.3, -0.25) is 0 Å². The van der Waals surface area contributed by atoms with Gasteiger partial charge in [-0.15, -0.1) is 6.42 Å². The highest BCUT2D eigenvalue weighted by molar-refractivity contribution is 5.30. The zero-order valence-corrected chi connectivity index (χ0v) is 9.99. The number of nitrogens with one attached hydrogen (secondary N) is 1. The van der Waals surface area contributed by atoms with E-state index in [9.17, 15) is 0 Å². The maximum absolute atomic E-state index is 5.39. The number of ether oxygens (including phenoxy) is 1. The third kappa shape index (κ3) is 3.96. The van der Waals surface area contributed by atoms with E-state index in [4.69, 9.17) is 11.2 Å². The van der Waals surface area contributed by atoms with Gasteiger partial charge in [0.15, 0.2) is 0 Å². The molecule has 0 saturated heterocycles. The third-order valence-corrected chi connectivity index (χ3v) is 2.38. The van der Waals surface area contributed by atoms with Gasteiger partial charge < -0.3 is 10.1 Å². The first-order valence-electron chi connectivity index (χ1n) is 5.67. The van der Waals surface area contributed by atoms with Crippen molar-refractivity contribution in [3.05, 3.63) is 29.8 Å². The van der Waals surface area contributed by atoms with Gasteiger partial charge in [-0.25, -0.2) is 0 Å². The Morgan fingerprint density at radius 3 is 3.00 bits per heavy atom. The lowest BCUT2D eigenvalue weighted by Crippen LogP contribution is -2.19. The zero-order chi connectivity index (χ0) is 11.8. The van der Waals surface area contributed by atoms with Gasteiger partial charge in [0.05, 0.1) is 0 Å². The summed E-state index contributed by atoms with van der Waals surface area (Å²) in [5.41, 5.74) is 1.22. The van der Waals surface area contributed by atoms with Crippen LogP contribution in [0.5, 0.6) is 5.75 Å². The molecule has 1 N–H and O–H groups in total. The van der Waals surface area contributed by atoms with E-state index in [1.54, 1.807) is 0 Å². The van der Waals surface area contributed by atoms with E-state index in [1.165, 1.54) is 5.56 Å². The molecule has 0 bridgehead atoms. The van der Waals surface area contributed by atoms with Crippen LogP contribution in [0, 0.1) is 12.3 Å². The fraction of sp³-hybridized carbons (Fsp3) is 0.429. The first-order valence-corrected chi connectivity index (χ1v) is 5.67. The van der Waals surface area contributed by atoms with Crippen molar-refractivity contribution >= 4 is 0 Å². The van der Waals surface area contributed by atoms with Crippen molar-refractivity contribution in [3.8, 4) is 18.1 Å². The van der Waals surface area contributed by atoms with E-state index >= 15 is 0 Å². The zero-order valence-electron chi connectivity index (χ0n) is 9.99. The van der Waals surface area contributed by atoms with Crippen LogP contribution < -0.4 is 10.1 Å². The lowest BCUT2D eigenvalue weighted by atomic mass is 10.1. The third-order valence-electron chi connectivity index (χ3n) is 2.38. The Morgan fingerprint density at radius 1 is 1.50 bits per heavy atom. The predicted molar refractivity (Wildman–Crippen MR) is 67.5 cm³/mol. The standard InChI is InChI=1S/C14H19NO/c1-4-9-15-12(3)13-7-6-8-14(11-13)16-10-5-2/h2,6-8,11-12,15H,4,9-10H2,1,3H3. The van der Waals surface area contributed by atoms with Crippen LogP contribution in [0.3, 0.4) is 0 Å². The molecule has 0 heterocycles. The van der Waals surface area contributed by atoms with E-state index in [0.717, 1.165) is 18.7 Å². The smallest absolute Gasteiger partial charge is 0.148 e. The van der Waals surface area contributed by atoms with Gasteiger partial charge in [0, 0.05) is 6.04 Å². The molecule has 2 heteroatoms. The van der Waals surface area contributed by atoms with Crippen LogP contribution in [-0.4, -0.2) is 13.2 Å². The Labute approximate surface area is 98.0 Å². The fourth-order valence-electron chi connectivity index (χ4n) is 1.48. The molecular formula is C14H19NO. The molecule has 0 spiro atoms. The molecule has 1 unspecified atom stereocenters. The molecule has 0 fully saturated rings. The highest BCUT2D eigenvalue weighted by atomic mass is 16.5. The Hall–Kier alpha value is -1.46. The van der Waals surface area contributed by atoms with Crippen LogP contribution in [0.25, 0.3) is 0 Å². The molecule has 0 amide bonds. The van der Waals surface area contributed by atoms with Crippen LogP contribution in [-0.2, 0) is 0 Å². The molecule has 0 aliphatic carbocycles. The lowest BCUT2D eigenvalue weighted by molar-refractivity contribution is 0.369.